The number of carbonyl (C=O) groups is 2. The molecule has 13 heteroatoms. The Labute approximate surface area is 279 Å². The standard InChI is InChI=1S/C34H31N7O4S2/c1-4-20-6-10-25-22(14-20)8-7-21-13-19(2)5-9-24(21)30(25)26-16-41(34(45)39-31(26)46)27-11-12-35-32(37-27)40(3)17-28(42)38-33-36-23(18-47-33)15-29(43)44/h5-14,16,18,30H,4,15,17H2,1-3H3,(H,43,44)(H,36,38,42)(H,39,45,46). The molecule has 2 aromatic carbocycles. The number of thiazole rings is 1. The quantitative estimate of drug-likeness (QED) is 0.173. The number of carbonyl (C=O) groups excluding carboxylic acids is 1. The SMILES string of the molecule is CCc1ccc2c(c1)C=Cc1cc(C)ccc1C2c1cn(-c2ccnc(N(C)CC(=O)Nc3nc(CC(=O)O)cs3)n2)c(=O)[nH]c1=S. The third-order valence-electron chi connectivity index (χ3n) is 7.87. The molecule has 0 saturated heterocycles. The Morgan fingerprint density at radius 2 is 1.83 bits per heavy atom. The second kappa shape index (κ2) is 13.2. The number of hydrogen-bond donors (Lipinski definition) is 3. The molecule has 238 valence electrons. The number of hydrogen-bond acceptors (Lipinski definition) is 9. The van der Waals surface area contributed by atoms with Gasteiger partial charge in [0.25, 0.3) is 0 Å². The van der Waals surface area contributed by atoms with Crippen LogP contribution in [0.25, 0.3) is 18.0 Å². The van der Waals surface area contributed by atoms with E-state index >= 15 is 0 Å². The molecular weight excluding hydrogens is 635 g/mol. The smallest absolute Gasteiger partial charge is 0.332 e. The van der Waals surface area contributed by atoms with Crippen LogP contribution in [0, 0.1) is 11.6 Å². The molecule has 0 bridgehead atoms. The van der Waals surface area contributed by atoms with Crippen molar-refractivity contribution in [3.63, 3.8) is 0 Å². The van der Waals surface area contributed by atoms with Crippen LogP contribution in [-0.2, 0) is 22.4 Å². The molecule has 1 aliphatic carbocycles. The number of anilines is 2. The van der Waals surface area contributed by atoms with Crippen molar-refractivity contribution in [2.24, 2.45) is 0 Å². The number of aliphatic carboxylic acids is 1. The topological polar surface area (TPSA) is 146 Å². The van der Waals surface area contributed by atoms with E-state index in [2.05, 4.69) is 87.7 Å². The fraction of sp³-hybridized carbons (Fsp3) is 0.206. The molecule has 6 rings (SSSR count). The van der Waals surface area contributed by atoms with Gasteiger partial charge in [-0.25, -0.2) is 14.8 Å². The van der Waals surface area contributed by atoms with Crippen molar-refractivity contribution in [3.8, 4) is 5.82 Å². The lowest BCUT2D eigenvalue weighted by Crippen LogP contribution is -2.32. The van der Waals surface area contributed by atoms with E-state index in [1.54, 1.807) is 29.6 Å². The van der Waals surface area contributed by atoms with E-state index in [4.69, 9.17) is 17.3 Å². The molecule has 1 unspecified atom stereocenters. The summed E-state index contributed by atoms with van der Waals surface area (Å²) in [5.41, 5.74) is 7.35. The van der Waals surface area contributed by atoms with Crippen molar-refractivity contribution in [2.75, 3.05) is 23.8 Å². The summed E-state index contributed by atoms with van der Waals surface area (Å²) < 4.78 is 1.75. The Morgan fingerprint density at radius 3 is 2.57 bits per heavy atom. The highest BCUT2D eigenvalue weighted by Gasteiger charge is 2.26. The average molecular weight is 666 g/mol. The summed E-state index contributed by atoms with van der Waals surface area (Å²) in [6.45, 7) is 4.08. The second-order valence-corrected chi connectivity index (χ2v) is 12.5. The molecular formula is C34H31N7O4S2. The van der Waals surface area contributed by atoms with Gasteiger partial charge in [-0.15, -0.1) is 11.3 Å². The third-order valence-corrected chi connectivity index (χ3v) is 9.02. The second-order valence-electron chi connectivity index (χ2n) is 11.3. The van der Waals surface area contributed by atoms with E-state index in [9.17, 15) is 14.4 Å². The Morgan fingerprint density at radius 1 is 1.09 bits per heavy atom. The van der Waals surface area contributed by atoms with E-state index in [1.807, 2.05) is 0 Å². The zero-order chi connectivity index (χ0) is 33.2. The van der Waals surface area contributed by atoms with Crippen molar-refractivity contribution < 1.29 is 14.7 Å². The summed E-state index contributed by atoms with van der Waals surface area (Å²) in [4.78, 5) is 54.5. The summed E-state index contributed by atoms with van der Waals surface area (Å²) in [6.07, 6.45) is 8.22. The number of carboxylic acid groups (broad SMARTS) is 1. The zero-order valence-corrected chi connectivity index (χ0v) is 27.5. The number of carboxylic acids is 1. The maximum Gasteiger partial charge on any atom is 0.332 e. The first-order valence-electron chi connectivity index (χ1n) is 14.9. The van der Waals surface area contributed by atoms with Gasteiger partial charge >= 0.3 is 11.7 Å². The molecule has 0 radical (unpaired) electrons. The fourth-order valence-electron chi connectivity index (χ4n) is 5.60. The van der Waals surface area contributed by atoms with Gasteiger partial charge in [-0.05, 0) is 41.2 Å². The molecule has 1 amide bonds. The minimum Gasteiger partial charge on any atom is -0.481 e. The first kappa shape index (κ1) is 31.7. The highest BCUT2D eigenvalue weighted by molar-refractivity contribution is 7.71. The predicted molar refractivity (Wildman–Crippen MR) is 185 cm³/mol. The number of fused-ring (bicyclic) bond motifs is 2. The van der Waals surface area contributed by atoms with Gasteiger partial charge in [-0.3, -0.25) is 19.1 Å². The van der Waals surface area contributed by atoms with Gasteiger partial charge in [0.05, 0.1) is 18.7 Å². The highest BCUT2D eigenvalue weighted by atomic mass is 32.1. The number of aryl methyl sites for hydroxylation is 2. The fourth-order valence-corrected chi connectivity index (χ4v) is 6.58. The van der Waals surface area contributed by atoms with Crippen LogP contribution in [0.1, 0.15) is 57.5 Å². The largest absolute Gasteiger partial charge is 0.481 e. The zero-order valence-electron chi connectivity index (χ0n) is 25.9. The number of nitrogens with one attached hydrogen (secondary N) is 2. The number of H-pyrrole nitrogens is 1. The first-order chi connectivity index (χ1) is 22.6. The lowest BCUT2D eigenvalue weighted by molar-refractivity contribution is -0.136. The van der Waals surface area contributed by atoms with Crippen LogP contribution in [0.15, 0.2) is 65.0 Å². The first-order valence-corrected chi connectivity index (χ1v) is 16.2. The maximum absolute atomic E-state index is 13.3. The van der Waals surface area contributed by atoms with Crippen LogP contribution in [-0.4, -0.2) is 55.1 Å². The van der Waals surface area contributed by atoms with Crippen LogP contribution >= 0.6 is 23.6 Å². The van der Waals surface area contributed by atoms with Crippen molar-refractivity contribution in [3.05, 3.63) is 120 Å². The van der Waals surface area contributed by atoms with E-state index in [1.165, 1.54) is 16.3 Å². The average Bonchev–Trinajstić information content (AvgIpc) is 3.40. The van der Waals surface area contributed by atoms with Crippen LogP contribution < -0.4 is 15.9 Å². The molecule has 0 fully saturated rings. The van der Waals surface area contributed by atoms with Crippen molar-refractivity contribution in [1.29, 1.82) is 0 Å². The van der Waals surface area contributed by atoms with Gasteiger partial charge in [0.15, 0.2) is 5.13 Å². The van der Waals surface area contributed by atoms with Gasteiger partial charge in [0.1, 0.15) is 10.5 Å². The Bertz CT molecular complexity index is 2170. The van der Waals surface area contributed by atoms with Crippen LogP contribution in [0.5, 0.6) is 0 Å². The Kier molecular flexibility index (Phi) is 8.92. The number of rotatable bonds is 9. The van der Waals surface area contributed by atoms with E-state index in [0.29, 0.717) is 21.3 Å². The molecule has 0 aliphatic heterocycles. The molecule has 0 saturated carbocycles. The maximum atomic E-state index is 13.3. The summed E-state index contributed by atoms with van der Waals surface area (Å²) in [5, 5.41) is 13.5. The summed E-state index contributed by atoms with van der Waals surface area (Å²) >= 11 is 6.93. The van der Waals surface area contributed by atoms with E-state index < -0.39 is 11.7 Å². The van der Waals surface area contributed by atoms with E-state index in [-0.39, 0.29) is 30.7 Å². The van der Waals surface area contributed by atoms with Gasteiger partial charge in [0, 0.05) is 42.4 Å². The Hall–Kier alpha value is -5.27. The summed E-state index contributed by atoms with van der Waals surface area (Å²) in [7, 11) is 1.65. The number of benzene rings is 2. The number of aromatic nitrogens is 5. The van der Waals surface area contributed by atoms with Crippen LogP contribution in [0.2, 0.25) is 0 Å². The lowest BCUT2D eigenvalue weighted by Gasteiger charge is -2.23. The normalized spacial score (nSPS) is 13.4. The number of amides is 1. The van der Waals surface area contributed by atoms with E-state index in [0.717, 1.165) is 51.1 Å². The third kappa shape index (κ3) is 6.81. The summed E-state index contributed by atoms with van der Waals surface area (Å²) in [6, 6.07) is 14.4. The van der Waals surface area contributed by atoms with Crippen LogP contribution in [0.4, 0.5) is 11.1 Å². The molecule has 1 aliphatic rings. The molecule has 1 atom stereocenters. The highest BCUT2D eigenvalue weighted by Crippen LogP contribution is 2.40. The van der Waals surface area contributed by atoms with Gasteiger partial charge < -0.3 is 15.3 Å². The molecule has 3 N–H and O–H groups in total. The lowest BCUT2D eigenvalue weighted by atomic mass is 9.82. The molecule has 3 aromatic heterocycles. The number of aromatic amines is 1. The van der Waals surface area contributed by atoms with Crippen molar-refractivity contribution in [2.45, 2.75) is 32.6 Å². The minimum absolute atomic E-state index is 0.115. The van der Waals surface area contributed by atoms with Gasteiger partial charge in [-0.1, -0.05) is 73.3 Å². The minimum atomic E-state index is -1.00. The van der Waals surface area contributed by atoms with Gasteiger partial charge in [-0.2, -0.15) is 4.98 Å². The predicted octanol–water partition coefficient (Wildman–Crippen LogP) is 5.38. The monoisotopic (exact) mass is 665 g/mol. The summed E-state index contributed by atoms with van der Waals surface area (Å²) in [5.74, 6) is -1.13. The van der Waals surface area contributed by atoms with Crippen LogP contribution in [0.3, 0.4) is 0 Å². The molecule has 0 spiro atoms. The molecule has 3 heterocycles. The molecule has 47 heavy (non-hydrogen) atoms. The molecule has 5 aromatic rings. The van der Waals surface area contributed by atoms with Crippen molar-refractivity contribution >= 4 is 58.7 Å². The Balaban J connectivity index is 1.33. The van der Waals surface area contributed by atoms with Gasteiger partial charge in [0.2, 0.25) is 11.9 Å². The van der Waals surface area contributed by atoms with Crippen molar-refractivity contribution in [1.82, 2.24) is 24.5 Å². The number of likely N-dealkylation sites (N-methyl/N-ethyl adjacent to an activating group) is 1. The molecule has 11 nitrogen and oxygen atoms in total. The number of nitrogens with zero attached hydrogens (tertiary/aromatic N) is 5.